The first-order valence-corrected chi connectivity index (χ1v) is 12.3. The Morgan fingerprint density at radius 2 is 1.81 bits per heavy atom. The number of ether oxygens (including phenoxy) is 2. The van der Waals surface area contributed by atoms with Gasteiger partial charge in [0.05, 0.1) is 24.6 Å². The number of piperazine rings is 1. The Morgan fingerprint density at radius 1 is 1.19 bits per heavy atom. The van der Waals surface area contributed by atoms with Crippen LogP contribution >= 0.6 is 0 Å². The van der Waals surface area contributed by atoms with Gasteiger partial charge in [-0.15, -0.1) is 0 Å². The highest BCUT2D eigenvalue weighted by atomic mass is 19.1. The monoisotopic (exact) mass is 503 g/mol. The number of aromatic carboxylic acids is 1. The predicted molar refractivity (Wildman–Crippen MR) is 134 cm³/mol. The number of pyridine rings is 1. The Balaban J connectivity index is 1.82. The van der Waals surface area contributed by atoms with Crippen LogP contribution in [0.25, 0.3) is 10.9 Å². The molecule has 1 saturated heterocycles. The SMILES string of the molecule is CCOC(=O)C(C)(C)N1[C@H](C)CN(c2c(F)cc3c(=O)c(C(=O)O)cn(C4CC4)c3c2OC)C[C@@H]1C. The molecule has 2 fully saturated rings. The van der Waals surface area contributed by atoms with Gasteiger partial charge in [-0.25, -0.2) is 9.18 Å². The van der Waals surface area contributed by atoms with Crippen molar-refractivity contribution in [2.24, 2.45) is 0 Å². The number of esters is 1. The second-order valence-electron chi connectivity index (χ2n) is 10.2. The molecule has 0 radical (unpaired) electrons. The van der Waals surface area contributed by atoms with E-state index in [9.17, 15) is 19.5 Å². The highest BCUT2D eigenvalue weighted by molar-refractivity contribution is 5.97. The zero-order valence-corrected chi connectivity index (χ0v) is 21.6. The molecule has 9 nitrogen and oxygen atoms in total. The van der Waals surface area contributed by atoms with Crippen molar-refractivity contribution >= 4 is 28.5 Å². The van der Waals surface area contributed by atoms with Crippen molar-refractivity contribution in [2.45, 2.75) is 71.1 Å². The number of carboxylic acid groups (broad SMARTS) is 1. The molecule has 1 N–H and O–H groups in total. The van der Waals surface area contributed by atoms with Crippen molar-refractivity contribution in [3.05, 3.63) is 33.9 Å². The van der Waals surface area contributed by atoms with Gasteiger partial charge in [-0.2, -0.15) is 0 Å². The molecule has 0 amide bonds. The molecular formula is C26H34FN3O6. The van der Waals surface area contributed by atoms with Gasteiger partial charge < -0.3 is 24.0 Å². The minimum atomic E-state index is -1.34. The molecule has 4 rings (SSSR count). The number of hydrogen-bond acceptors (Lipinski definition) is 7. The number of hydrogen-bond donors (Lipinski definition) is 1. The molecule has 0 bridgehead atoms. The molecule has 0 unspecified atom stereocenters. The maximum absolute atomic E-state index is 15.7. The van der Waals surface area contributed by atoms with Crippen LogP contribution in [0.15, 0.2) is 17.1 Å². The van der Waals surface area contributed by atoms with E-state index >= 15 is 4.39 Å². The molecule has 2 aliphatic rings. The zero-order chi connectivity index (χ0) is 26.5. The zero-order valence-electron chi connectivity index (χ0n) is 21.6. The first-order valence-electron chi connectivity index (χ1n) is 12.3. The number of nitrogens with zero attached hydrogens (tertiary/aromatic N) is 3. The summed E-state index contributed by atoms with van der Waals surface area (Å²) in [7, 11) is 1.43. The van der Waals surface area contributed by atoms with E-state index in [-0.39, 0.29) is 53.1 Å². The maximum Gasteiger partial charge on any atom is 0.341 e. The van der Waals surface area contributed by atoms with Gasteiger partial charge in [0.25, 0.3) is 0 Å². The van der Waals surface area contributed by atoms with E-state index in [0.717, 1.165) is 18.9 Å². The van der Waals surface area contributed by atoms with Gasteiger partial charge in [0.15, 0.2) is 11.6 Å². The van der Waals surface area contributed by atoms with Crippen molar-refractivity contribution in [3.63, 3.8) is 0 Å². The Bertz CT molecular complexity index is 1260. The molecule has 2 atom stereocenters. The third kappa shape index (κ3) is 4.21. The largest absolute Gasteiger partial charge is 0.492 e. The summed E-state index contributed by atoms with van der Waals surface area (Å²) in [6.45, 7) is 10.5. The predicted octanol–water partition coefficient (Wildman–Crippen LogP) is 3.42. The number of carboxylic acids is 1. The summed E-state index contributed by atoms with van der Waals surface area (Å²) in [5.74, 6) is -2.10. The summed E-state index contributed by atoms with van der Waals surface area (Å²) in [5.41, 5.74) is -1.36. The molecule has 0 spiro atoms. The number of methoxy groups -OCH3 is 1. The third-order valence-corrected chi connectivity index (χ3v) is 7.23. The van der Waals surface area contributed by atoms with Crippen LogP contribution in [0.3, 0.4) is 0 Å². The van der Waals surface area contributed by atoms with E-state index in [1.165, 1.54) is 13.3 Å². The number of rotatable bonds is 7. The molecule has 1 saturated carbocycles. The van der Waals surface area contributed by atoms with Gasteiger partial charge in [0.2, 0.25) is 5.43 Å². The second-order valence-corrected chi connectivity index (χ2v) is 10.2. The average molecular weight is 504 g/mol. The fourth-order valence-electron chi connectivity index (χ4n) is 5.74. The number of aromatic nitrogens is 1. The van der Waals surface area contributed by atoms with Crippen molar-refractivity contribution < 1.29 is 28.6 Å². The fourth-order valence-corrected chi connectivity index (χ4v) is 5.74. The van der Waals surface area contributed by atoms with Crippen LogP contribution in [0.4, 0.5) is 10.1 Å². The van der Waals surface area contributed by atoms with E-state index in [2.05, 4.69) is 4.90 Å². The molecule has 10 heteroatoms. The van der Waals surface area contributed by atoms with Crippen molar-refractivity contribution in [2.75, 3.05) is 31.7 Å². The molecule has 1 aromatic carbocycles. The van der Waals surface area contributed by atoms with Crippen LogP contribution in [0.2, 0.25) is 0 Å². The Kier molecular flexibility index (Phi) is 6.76. The minimum absolute atomic E-state index is 0.0110. The third-order valence-electron chi connectivity index (χ3n) is 7.23. The summed E-state index contributed by atoms with van der Waals surface area (Å²) in [6, 6.07) is 0.893. The van der Waals surface area contributed by atoms with Crippen molar-refractivity contribution in [1.82, 2.24) is 9.47 Å². The number of anilines is 1. The van der Waals surface area contributed by atoms with Crippen LogP contribution in [-0.4, -0.2) is 70.9 Å². The first kappa shape index (κ1) is 25.9. The molecule has 1 aliphatic carbocycles. The van der Waals surface area contributed by atoms with Crippen LogP contribution in [0.1, 0.15) is 63.9 Å². The van der Waals surface area contributed by atoms with Crippen LogP contribution in [0.5, 0.6) is 5.75 Å². The quantitative estimate of drug-likeness (QED) is 0.574. The van der Waals surface area contributed by atoms with Gasteiger partial charge in [-0.1, -0.05) is 0 Å². The van der Waals surface area contributed by atoms with Gasteiger partial charge in [0, 0.05) is 37.4 Å². The number of carbonyl (C=O) groups excluding carboxylic acids is 1. The highest BCUT2D eigenvalue weighted by Gasteiger charge is 2.45. The molecular weight excluding hydrogens is 469 g/mol. The molecule has 1 aromatic heterocycles. The molecule has 196 valence electrons. The molecule has 2 heterocycles. The van der Waals surface area contributed by atoms with Gasteiger partial charge >= 0.3 is 11.9 Å². The Hall–Kier alpha value is -3.14. The normalized spacial score (nSPS) is 21.0. The number of carbonyl (C=O) groups is 2. The second kappa shape index (κ2) is 9.38. The van der Waals surface area contributed by atoms with E-state index in [1.54, 1.807) is 11.5 Å². The van der Waals surface area contributed by atoms with E-state index in [4.69, 9.17) is 9.47 Å². The topological polar surface area (TPSA) is 101 Å². The lowest BCUT2D eigenvalue weighted by Crippen LogP contribution is -2.66. The summed E-state index contributed by atoms with van der Waals surface area (Å²) >= 11 is 0. The van der Waals surface area contributed by atoms with Crippen molar-refractivity contribution in [3.8, 4) is 5.75 Å². The summed E-state index contributed by atoms with van der Waals surface area (Å²) in [5, 5.41) is 9.53. The summed E-state index contributed by atoms with van der Waals surface area (Å²) in [4.78, 5) is 41.3. The minimum Gasteiger partial charge on any atom is -0.492 e. The number of benzene rings is 1. The smallest absolute Gasteiger partial charge is 0.341 e. The first-order chi connectivity index (χ1) is 16.9. The summed E-state index contributed by atoms with van der Waals surface area (Å²) < 4.78 is 28.5. The maximum atomic E-state index is 15.7. The molecule has 36 heavy (non-hydrogen) atoms. The lowest BCUT2D eigenvalue weighted by Gasteiger charge is -2.51. The van der Waals surface area contributed by atoms with Gasteiger partial charge in [0.1, 0.15) is 16.8 Å². The van der Waals surface area contributed by atoms with E-state index < -0.39 is 22.8 Å². The standard InChI is InChI=1S/C26H34FN3O6/c1-7-36-25(34)26(4,5)30-14(2)11-28(12-15(30)3)21-19(27)10-17-20(23(21)35-6)29(16-8-9-16)13-18(22(17)31)24(32)33/h10,13-16H,7-9,11-12H2,1-6H3,(H,32,33)/t14-,15+. The Morgan fingerprint density at radius 3 is 2.31 bits per heavy atom. The van der Waals surface area contributed by atoms with Crippen molar-refractivity contribution in [1.29, 1.82) is 0 Å². The fraction of sp³-hybridized carbons (Fsp3) is 0.577. The highest BCUT2D eigenvalue weighted by Crippen LogP contribution is 2.44. The number of halogens is 1. The van der Waals surface area contributed by atoms with E-state index in [1.807, 2.05) is 32.6 Å². The van der Waals surface area contributed by atoms with Gasteiger partial charge in [-0.05, 0) is 53.5 Å². The Labute approximate surface area is 209 Å². The number of fused-ring (bicyclic) bond motifs is 1. The van der Waals surface area contributed by atoms with Crippen LogP contribution in [-0.2, 0) is 9.53 Å². The summed E-state index contributed by atoms with van der Waals surface area (Å²) in [6.07, 6.45) is 3.02. The molecule has 1 aliphatic heterocycles. The van der Waals surface area contributed by atoms with Gasteiger partial charge in [-0.3, -0.25) is 14.5 Å². The van der Waals surface area contributed by atoms with E-state index in [0.29, 0.717) is 18.6 Å². The average Bonchev–Trinajstić information content (AvgIpc) is 3.63. The lowest BCUT2D eigenvalue weighted by molar-refractivity contribution is -0.159. The van der Waals surface area contributed by atoms with Crippen LogP contribution in [0, 0.1) is 5.82 Å². The lowest BCUT2D eigenvalue weighted by atomic mass is 9.94. The van der Waals surface area contributed by atoms with Crippen LogP contribution < -0.4 is 15.1 Å². The molecule has 2 aromatic rings.